The van der Waals surface area contributed by atoms with Crippen LogP contribution in [0.3, 0.4) is 0 Å². The fraction of sp³-hybridized carbons (Fsp3) is 0.385. The number of anilines is 1. The van der Waals surface area contributed by atoms with Gasteiger partial charge in [0.25, 0.3) is 5.91 Å². The lowest BCUT2D eigenvalue weighted by Gasteiger charge is -2.23. The SMILES string of the molecule is CCN(C(=O)C1COC(=O)N1)c1cccc(C)c1. The average Bonchev–Trinajstić information content (AvgIpc) is 2.77. The molecule has 18 heavy (non-hydrogen) atoms. The second-order valence-electron chi connectivity index (χ2n) is 4.22. The maximum Gasteiger partial charge on any atom is 0.407 e. The molecule has 0 aliphatic carbocycles. The Hall–Kier alpha value is -2.04. The molecule has 0 radical (unpaired) electrons. The highest BCUT2D eigenvalue weighted by Crippen LogP contribution is 2.17. The summed E-state index contributed by atoms with van der Waals surface area (Å²) in [5.41, 5.74) is 1.93. The second-order valence-corrected chi connectivity index (χ2v) is 4.22. The van der Waals surface area contributed by atoms with Crippen LogP contribution in [0.5, 0.6) is 0 Å². The van der Waals surface area contributed by atoms with E-state index in [2.05, 4.69) is 5.32 Å². The number of amides is 2. The van der Waals surface area contributed by atoms with E-state index in [-0.39, 0.29) is 12.5 Å². The van der Waals surface area contributed by atoms with Crippen molar-refractivity contribution in [2.75, 3.05) is 18.1 Å². The number of hydrogen-bond acceptors (Lipinski definition) is 3. The summed E-state index contributed by atoms with van der Waals surface area (Å²) in [7, 11) is 0. The number of alkyl carbamates (subject to hydrolysis) is 1. The smallest absolute Gasteiger partial charge is 0.407 e. The Morgan fingerprint density at radius 3 is 2.89 bits per heavy atom. The van der Waals surface area contributed by atoms with E-state index in [0.29, 0.717) is 6.54 Å². The molecule has 1 aromatic rings. The molecule has 1 unspecified atom stereocenters. The lowest BCUT2D eigenvalue weighted by molar-refractivity contribution is -0.120. The summed E-state index contributed by atoms with van der Waals surface area (Å²) in [6, 6.07) is 7.12. The molecule has 1 atom stereocenters. The summed E-state index contributed by atoms with van der Waals surface area (Å²) in [5.74, 6) is -0.144. The first-order valence-electron chi connectivity index (χ1n) is 5.93. The molecule has 0 saturated carbocycles. The van der Waals surface area contributed by atoms with E-state index in [4.69, 9.17) is 4.74 Å². The molecule has 5 heteroatoms. The van der Waals surface area contributed by atoms with Gasteiger partial charge in [0, 0.05) is 12.2 Å². The number of rotatable bonds is 3. The van der Waals surface area contributed by atoms with Crippen molar-refractivity contribution in [3.05, 3.63) is 29.8 Å². The van der Waals surface area contributed by atoms with Crippen LogP contribution in [-0.2, 0) is 9.53 Å². The van der Waals surface area contributed by atoms with Crippen LogP contribution in [0.1, 0.15) is 12.5 Å². The van der Waals surface area contributed by atoms with Crippen molar-refractivity contribution in [1.82, 2.24) is 5.32 Å². The maximum absolute atomic E-state index is 12.3. The summed E-state index contributed by atoms with van der Waals surface area (Å²) in [4.78, 5) is 24.9. The highest BCUT2D eigenvalue weighted by Gasteiger charge is 2.32. The van der Waals surface area contributed by atoms with Gasteiger partial charge < -0.3 is 15.0 Å². The highest BCUT2D eigenvalue weighted by molar-refractivity contribution is 5.99. The molecule has 2 amide bonds. The van der Waals surface area contributed by atoms with E-state index < -0.39 is 12.1 Å². The van der Waals surface area contributed by atoms with Crippen LogP contribution in [0.25, 0.3) is 0 Å². The lowest BCUT2D eigenvalue weighted by atomic mass is 10.2. The quantitative estimate of drug-likeness (QED) is 0.881. The first-order valence-corrected chi connectivity index (χ1v) is 5.93. The molecule has 1 N–H and O–H groups in total. The van der Waals surface area contributed by atoms with Crippen LogP contribution >= 0.6 is 0 Å². The zero-order chi connectivity index (χ0) is 13.1. The minimum absolute atomic E-state index is 0.0972. The number of hydrogen-bond donors (Lipinski definition) is 1. The van der Waals surface area contributed by atoms with Gasteiger partial charge in [-0.2, -0.15) is 0 Å². The third-order valence-electron chi connectivity index (χ3n) is 2.87. The Labute approximate surface area is 106 Å². The van der Waals surface area contributed by atoms with E-state index in [0.717, 1.165) is 11.3 Å². The van der Waals surface area contributed by atoms with Crippen LogP contribution in [-0.4, -0.2) is 31.2 Å². The molecular weight excluding hydrogens is 232 g/mol. The number of carbonyl (C=O) groups excluding carboxylic acids is 2. The zero-order valence-electron chi connectivity index (χ0n) is 10.5. The van der Waals surface area contributed by atoms with Crippen molar-refractivity contribution in [1.29, 1.82) is 0 Å². The number of nitrogens with one attached hydrogen (secondary N) is 1. The fourth-order valence-corrected chi connectivity index (χ4v) is 1.97. The summed E-state index contributed by atoms with van der Waals surface area (Å²) in [5, 5.41) is 2.50. The Morgan fingerprint density at radius 2 is 2.33 bits per heavy atom. The van der Waals surface area contributed by atoms with Gasteiger partial charge >= 0.3 is 6.09 Å². The zero-order valence-corrected chi connectivity index (χ0v) is 10.5. The Morgan fingerprint density at radius 1 is 1.56 bits per heavy atom. The standard InChI is InChI=1S/C13H16N2O3/c1-3-15(10-6-4-5-9(2)7-10)12(16)11-8-18-13(17)14-11/h4-7,11H,3,8H2,1-2H3,(H,14,17). The first-order chi connectivity index (χ1) is 8.61. The molecule has 0 aromatic heterocycles. The van der Waals surface area contributed by atoms with E-state index >= 15 is 0 Å². The number of ether oxygens (including phenoxy) is 1. The predicted molar refractivity (Wildman–Crippen MR) is 67.5 cm³/mol. The first kappa shape index (κ1) is 12.4. The molecule has 1 aliphatic rings. The molecule has 5 nitrogen and oxygen atoms in total. The fourth-order valence-electron chi connectivity index (χ4n) is 1.97. The summed E-state index contributed by atoms with van der Waals surface area (Å²) < 4.78 is 4.74. The molecule has 0 bridgehead atoms. The minimum Gasteiger partial charge on any atom is -0.447 e. The van der Waals surface area contributed by atoms with Gasteiger partial charge in [-0.25, -0.2) is 4.79 Å². The van der Waals surface area contributed by atoms with E-state index in [9.17, 15) is 9.59 Å². The van der Waals surface area contributed by atoms with Gasteiger partial charge in [0.15, 0.2) is 0 Å². The van der Waals surface area contributed by atoms with Gasteiger partial charge in [0.05, 0.1) is 0 Å². The molecule has 1 heterocycles. The number of aryl methyl sites for hydroxylation is 1. The molecule has 1 fully saturated rings. The molecule has 96 valence electrons. The summed E-state index contributed by atoms with van der Waals surface area (Å²) in [6.45, 7) is 4.52. The lowest BCUT2D eigenvalue weighted by Crippen LogP contribution is -2.45. The molecule has 1 aliphatic heterocycles. The van der Waals surface area contributed by atoms with Gasteiger partial charge in [-0.05, 0) is 31.5 Å². The van der Waals surface area contributed by atoms with Crippen molar-refractivity contribution in [3.63, 3.8) is 0 Å². The molecular formula is C13H16N2O3. The van der Waals surface area contributed by atoms with E-state index in [1.165, 1.54) is 0 Å². The van der Waals surface area contributed by atoms with Gasteiger partial charge in [-0.1, -0.05) is 12.1 Å². The number of carbonyl (C=O) groups is 2. The summed E-state index contributed by atoms with van der Waals surface area (Å²) >= 11 is 0. The van der Waals surface area contributed by atoms with Crippen LogP contribution in [0.15, 0.2) is 24.3 Å². The van der Waals surface area contributed by atoms with E-state index in [1.54, 1.807) is 4.90 Å². The number of likely N-dealkylation sites (N-methyl/N-ethyl adjacent to an activating group) is 1. The molecule has 0 spiro atoms. The third-order valence-corrected chi connectivity index (χ3v) is 2.87. The van der Waals surface area contributed by atoms with Crippen LogP contribution in [0, 0.1) is 6.92 Å². The van der Waals surface area contributed by atoms with Crippen LogP contribution in [0.2, 0.25) is 0 Å². The Bertz CT molecular complexity index is 473. The molecule has 1 saturated heterocycles. The van der Waals surface area contributed by atoms with Crippen molar-refractivity contribution < 1.29 is 14.3 Å². The number of nitrogens with zero attached hydrogens (tertiary/aromatic N) is 1. The maximum atomic E-state index is 12.3. The Balaban J connectivity index is 2.18. The Kier molecular flexibility index (Phi) is 3.50. The predicted octanol–water partition coefficient (Wildman–Crippen LogP) is 1.46. The number of cyclic esters (lactones) is 1. The van der Waals surface area contributed by atoms with Crippen molar-refractivity contribution >= 4 is 17.7 Å². The average molecular weight is 248 g/mol. The normalized spacial score (nSPS) is 18.1. The van der Waals surface area contributed by atoms with Crippen molar-refractivity contribution in [3.8, 4) is 0 Å². The van der Waals surface area contributed by atoms with E-state index in [1.807, 2.05) is 38.1 Å². The van der Waals surface area contributed by atoms with Gasteiger partial charge in [0.1, 0.15) is 12.6 Å². The minimum atomic E-state index is -0.585. The van der Waals surface area contributed by atoms with Gasteiger partial charge in [0.2, 0.25) is 0 Å². The topological polar surface area (TPSA) is 58.6 Å². The van der Waals surface area contributed by atoms with Crippen LogP contribution in [0.4, 0.5) is 10.5 Å². The molecule has 1 aromatic carbocycles. The largest absolute Gasteiger partial charge is 0.447 e. The van der Waals surface area contributed by atoms with Crippen molar-refractivity contribution in [2.45, 2.75) is 19.9 Å². The second kappa shape index (κ2) is 5.08. The third kappa shape index (κ3) is 2.45. The van der Waals surface area contributed by atoms with Crippen LogP contribution < -0.4 is 10.2 Å². The highest BCUT2D eigenvalue weighted by atomic mass is 16.6. The van der Waals surface area contributed by atoms with Gasteiger partial charge in [-0.3, -0.25) is 4.79 Å². The van der Waals surface area contributed by atoms with Crippen molar-refractivity contribution in [2.24, 2.45) is 0 Å². The van der Waals surface area contributed by atoms with Gasteiger partial charge in [-0.15, -0.1) is 0 Å². The number of benzene rings is 1. The molecule has 2 rings (SSSR count). The monoisotopic (exact) mass is 248 g/mol. The summed E-state index contributed by atoms with van der Waals surface area (Å²) in [6.07, 6.45) is -0.534.